The number of carboxylic acids is 1. The Morgan fingerprint density at radius 2 is 2.22 bits per heavy atom. The maximum atomic E-state index is 10.0. The monoisotopic (exact) mass is 196 g/mol. The average Bonchev–Trinajstić information content (AvgIpc) is 1.78. The summed E-state index contributed by atoms with van der Waals surface area (Å²) in [5.41, 5.74) is 0. The normalized spacial score (nSPS) is 14.3. The summed E-state index contributed by atoms with van der Waals surface area (Å²) < 4.78 is 14.1. The molecule has 0 heterocycles. The van der Waals surface area contributed by atoms with Crippen molar-refractivity contribution in [1.29, 1.82) is 0 Å². The van der Waals surface area contributed by atoms with Gasteiger partial charge in [-0.25, -0.2) is 0 Å². The van der Waals surface area contributed by atoms with Crippen molar-refractivity contribution in [3.05, 3.63) is 0 Å². The zero-order valence-electron chi connectivity index (χ0n) is 7.06. The first-order valence-electron chi connectivity index (χ1n) is 3.82. The number of alkyl halides is 1. The molecule has 0 aromatic carbocycles. The fourth-order valence-electron chi connectivity index (χ4n) is 0.468. The minimum atomic E-state index is -1.34. The van der Waals surface area contributed by atoms with Crippen molar-refractivity contribution in [2.45, 2.75) is 25.7 Å². The van der Waals surface area contributed by atoms with Gasteiger partial charge in [-0.1, -0.05) is 22.4 Å². The van der Waals surface area contributed by atoms with E-state index in [1.165, 1.54) is 0 Å². The lowest BCUT2D eigenvalue weighted by Crippen LogP contribution is -1.93. The maximum Gasteiger partial charge on any atom is 0.303 e. The van der Waals surface area contributed by atoms with Gasteiger partial charge in [0.15, 0.2) is 0 Å². The van der Waals surface area contributed by atoms with Gasteiger partial charge in [0.1, 0.15) is 0 Å². The van der Waals surface area contributed by atoms with E-state index in [-0.39, 0.29) is 6.42 Å². The zero-order chi connectivity index (χ0) is 8.91. The maximum absolute atomic E-state index is 10.0. The molecule has 0 saturated carbocycles. The molecule has 0 fully saturated rings. The second kappa shape index (κ2) is 6.08. The van der Waals surface area contributed by atoms with Gasteiger partial charge in [-0.15, -0.1) is 0 Å². The van der Waals surface area contributed by atoms with Crippen LogP contribution in [0.4, 0.5) is 0 Å². The Kier molecular flexibility index (Phi) is 3.86. The van der Waals surface area contributed by atoms with Gasteiger partial charge in [-0.2, -0.15) is 0 Å². The fourth-order valence-corrected chi connectivity index (χ4v) is 0.748. The molecule has 0 spiro atoms. The van der Waals surface area contributed by atoms with Gasteiger partial charge in [-0.3, -0.25) is 4.79 Å². The molecule has 0 aliphatic carbocycles. The molecule has 0 aromatic heterocycles. The van der Waals surface area contributed by atoms with Gasteiger partial charge in [-0.05, 0) is 12.8 Å². The molecule has 0 aliphatic heterocycles. The highest BCUT2D eigenvalue weighted by Crippen LogP contribution is 2.01. The molecule has 0 saturated heterocycles. The van der Waals surface area contributed by atoms with Crippen LogP contribution >= 0.6 is 15.9 Å². The highest BCUT2D eigenvalue weighted by Gasteiger charge is 1.94. The van der Waals surface area contributed by atoms with E-state index in [0.717, 1.165) is 0 Å². The SMILES string of the molecule is [2H]C([2H])(Br)CCCCC(=O)O. The van der Waals surface area contributed by atoms with Gasteiger partial charge < -0.3 is 5.11 Å². The molecule has 0 aromatic rings. The molecule has 1 N–H and O–H groups in total. The predicted octanol–water partition coefficient (Wildman–Crippen LogP) is 2.03. The third-order valence-electron chi connectivity index (χ3n) is 0.912. The van der Waals surface area contributed by atoms with Crippen molar-refractivity contribution in [3.8, 4) is 0 Å². The van der Waals surface area contributed by atoms with E-state index in [0.29, 0.717) is 19.3 Å². The van der Waals surface area contributed by atoms with E-state index < -0.39 is 11.3 Å². The topological polar surface area (TPSA) is 37.3 Å². The van der Waals surface area contributed by atoms with Gasteiger partial charge in [0.2, 0.25) is 0 Å². The summed E-state index contributed by atoms with van der Waals surface area (Å²) in [5.74, 6) is -0.819. The molecular formula is C6H11BrO2. The molecule has 0 atom stereocenters. The van der Waals surface area contributed by atoms with Crippen LogP contribution in [-0.2, 0) is 4.79 Å². The first kappa shape index (κ1) is 5.71. The molecule has 54 valence electrons. The number of aliphatic carboxylic acids is 1. The summed E-state index contributed by atoms with van der Waals surface area (Å²) in [6.07, 6.45) is 1.63. The standard InChI is InChI=1S/C6H11BrO2/c7-5-3-1-2-4-6(8)9/h1-5H2,(H,8,9)/i5D2. The van der Waals surface area contributed by atoms with E-state index in [9.17, 15) is 4.79 Å². The van der Waals surface area contributed by atoms with Crippen LogP contribution in [0, 0.1) is 0 Å². The van der Waals surface area contributed by atoms with Crippen LogP contribution in [0.2, 0.25) is 0 Å². The van der Waals surface area contributed by atoms with Crippen molar-refractivity contribution < 1.29 is 12.6 Å². The first-order chi connectivity index (χ1) is 4.92. The van der Waals surface area contributed by atoms with Crippen LogP contribution in [0.3, 0.4) is 0 Å². The van der Waals surface area contributed by atoms with Crippen molar-refractivity contribution >= 4 is 21.9 Å². The molecule has 0 radical (unpaired) electrons. The number of carboxylic acid groups (broad SMARTS) is 1. The summed E-state index contributed by atoms with van der Waals surface area (Å²) in [6, 6.07) is 0. The molecule has 0 rings (SSSR count). The number of hydrogen-bond donors (Lipinski definition) is 1. The summed E-state index contributed by atoms with van der Waals surface area (Å²) >= 11 is 2.83. The minimum absolute atomic E-state index is 0.128. The van der Waals surface area contributed by atoms with Crippen LogP contribution in [-0.4, -0.2) is 16.4 Å². The Balaban J connectivity index is 3.22. The molecule has 0 unspecified atom stereocenters. The Morgan fingerprint density at radius 3 is 2.67 bits per heavy atom. The van der Waals surface area contributed by atoms with Crippen molar-refractivity contribution in [1.82, 2.24) is 0 Å². The molecule has 2 nitrogen and oxygen atoms in total. The third-order valence-corrected chi connectivity index (χ3v) is 1.31. The molecular weight excluding hydrogens is 184 g/mol. The molecule has 0 amide bonds. The number of carbonyl (C=O) groups is 1. The van der Waals surface area contributed by atoms with Crippen molar-refractivity contribution in [3.63, 3.8) is 0 Å². The van der Waals surface area contributed by atoms with Gasteiger partial charge in [0, 0.05) is 14.4 Å². The van der Waals surface area contributed by atoms with E-state index in [1.54, 1.807) is 0 Å². The lowest BCUT2D eigenvalue weighted by molar-refractivity contribution is -0.137. The second-order valence-electron chi connectivity index (χ2n) is 1.73. The lowest BCUT2D eigenvalue weighted by atomic mass is 10.2. The third kappa shape index (κ3) is 7.95. The number of rotatable bonds is 5. The largest absolute Gasteiger partial charge is 0.481 e. The molecule has 0 aliphatic rings. The fraction of sp³-hybridized carbons (Fsp3) is 0.833. The van der Waals surface area contributed by atoms with E-state index in [4.69, 9.17) is 7.85 Å². The highest BCUT2D eigenvalue weighted by atomic mass is 79.9. The summed E-state index contributed by atoms with van der Waals surface area (Å²) in [5, 5.41) is 6.90. The summed E-state index contributed by atoms with van der Waals surface area (Å²) in [4.78, 5) is 10.0. The Labute approximate surface area is 66.2 Å². The van der Waals surface area contributed by atoms with Crippen LogP contribution in [0.25, 0.3) is 0 Å². The first-order valence-corrected chi connectivity index (χ1v) is 3.62. The van der Waals surface area contributed by atoms with Crippen molar-refractivity contribution in [2.75, 3.05) is 5.28 Å². The molecule has 9 heavy (non-hydrogen) atoms. The van der Waals surface area contributed by atoms with Crippen LogP contribution < -0.4 is 0 Å². The van der Waals surface area contributed by atoms with Crippen molar-refractivity contribution in [2.24, 2.45) is 0 Å². The molecule has 0 bridgehead atoms. The highest BCUT2D eigenvalue weighted by molar-refractivity contribution is 9.09. The zero-order valence-corrected chi connectivity index (χ0v) is 6.65. The van der Waals surface area contributed by atoms with Crippen LogP contribution in [0.5, 0.6) is 0 Å². The Morgan fingerprint density at radius 1 is 1.56 bits per heavy atom. The summed E-state index contributed by atoms with van der Waals surface area (Å²) in [6.45, 7) is 0. The quantitative estimate of drug-likeness (QED) is 0.540. The average molecular weight is 197 g/mol. The van der Waals surface area contributed by atoms with Gasteiger partial charge in [0.05, 0.1) is 0 Å². The van der Waals surface area contributed by atoms with E-state index in [1.807, 2.05) is 0 Å². The second-order valence-corrected chi connectivity index (χ2v) is 2.30. The predicted molar refractivity (Wildman–Crippen MR) is 39.9 cm³/mol. The number of hydrogen-bond acceptors (Lipinski definition) is 1. The van der Waals surface area contributed by atoms with Crippen LogP contribution in [0.15, 0.2) is 0 Å². The van der Waals surface area contributed by atoms with Gasteiger partial charge in [0.25, 0.3) is 0 Å². The van der Waals surface area contributed by atoms with E-state index in [2.05, 4.69) is 15.9 Å². The number of halogens is 1. The Hall–Kier alpha value is -0.0500. The summed E-state index contributed by atoms with van der Waals surface area (Å²) in [7, 11) is 0. The number of unbranched alkanes of at least 4 members (excludes halogenated alkanes) is 1. The smallest absolute Gasteiger partial charge is 0.303 e. The van der Waals surface area contributed by atoms with E-state index >= 15 is 0 Å². The van der Waals surface area contributed by atoms with Crippen LogP contribution in [0.1, 0.15) is 28.4 Å². The molecule has 3 heteroatoms. The Bertz CT molecular complexity index is 133. The lowest BCUT2D eigenvalue weighted by Gasteiger charge is -1.92. The van der Waals surface area contributed by atoms with Gasteiger partial charge >= 0.3 is 5.97 Å². The minimum Gasteiger partial charge on any atom is -0.481 e.